The van der Waals surface area contributed by atoms with Gasteiger partial charge in [-0.25, -0.2) is 0 Å². The van der Waals surface area contributed by atoms with Gasteiger partial charge in [-0.3, -0.25) is 0 Å². The third-order valence-electron chi connectivity index (χ3n) is 6.24. The lowest BCUT2D eigenvalue weighted by atomic mass is 9.99. The lowest BCUT2D eigenvalue weighted by molar-refractivity contribution is 0.773. The zero-order valence-electron chi connectivity index (χ0n) is 17.3. The van der Waals surface area contributed by atoms with Crippen LogP contribution in [0.3, 0.4) is 0 Å². The summed E-state index contributed by atoms with van der Waals surface area (Å²) in [6.07, 6.45) is 2.32. The van der Waals surface area contributed by atoms with Crippen LogP contribution in [0.4, 0.5) is 0 Å². The molecule has 27 heavy (non-hydrogen) atoms. The van der Waals surface area contributed by atoms with Crippen LogP contribution in [-0.2, 0) is 0 Å². The number of fused-ring (bicyclic) bond motifs is 1. The fourth-order valence-corrected chi connectivity index (χ4v) is 11.9. The van der Waals surface area contributed by atoms with Crippen molar-refractivity contribution in [3.8, 4) is 17.2 Å². The fourth-order valence-electron chi connectivity index (χ4n) is 5.31. The Balaban J connectivity index is 2.21. The molecule has 140 valence electrons. The first-order valence-corrected chi connectivity index (χ1v) is 12.1. The molecule has 1 heterocycles. The van der Waals surface area contributed by atoms with Crippen LogP contribution in [-0.4, -0.2) is 12.5 Å². The molecule has 1 aromatic heterocycles. The van der Waals surface area contributed by atoms with Crippen LogP contribution in [0.25, 0.3) is 22.0 Å². The third-order valence-corrected chi connectivity index (χ3v) is 13.0. The van der Waals surface area contributed by atoms with Gasteiger partial charge < -0.3 is 4.23 Å². The van der Waals surface area contributed by atoms with Crippen molar-refractivity contribution in [1.82, 2.24) is 4.23 Å². The Bertz CT molecular complexity index is 967. The molecule has 0 amide bonds. The topological polar surface area (TPSA) is 28.7 Å². The average Bonchev–Trinajstić information content (AvgIpc) is 3.04. The van der Waals surface area contributed by atoms with Gasteiger partial charge in [-0.15, -0.1) is 0 Å². The molecule has 3 aromatic rings. The summed E-state index contributed by atoms with van der Waals surface area (Å²) in [7, 11) is -1.77. The molecule has 2 nitrogen and oxygen atoms in total. The molecule has 3 heteroatoms. The van der Waals surface area contributed by atoms with Gasteiger partial charge in [-0.05, 0) is 63.6 Å². The minimum absolute atomic E-state index is 0.659. The maximum absolute atomic E-state index is 9.44. The lowest BCUT2D eigenvalue weighted by Crippen LogP contribution is -2.51. The Morgan fingerprint density at radius 2 is 1.48 bits per heavy atom. The third kappa shape index (κ3) is 3.02. The van der Waals surface area contributed by atoms with Crippen molar-refractivity contribution in [1.29, 1.82) is 5.26 Å². The normalized spacial score (nSPS) is 12.3. The van der Waals surface area contributed by atoms with Gasteiger partial charge in [-0.1, -0.05) is 65.8 Å². The highest BCUT2D eigenvalue weighted by Gasteiger charge is 2.45. The van der Waals surface area contributed by atoms with Gasteiger partial charge >= 0.3 is 0 Å². The summed E-state index contributed by atoms with van der Waals surface area (Å²) < 4.78 is 2.64. The van der Waals surface area contributed by atoms with Gasteiger partial charge in [0.05, 0.1) is 11.6 Å². The van der Waals surface area contributed by atoms with Crippen molar-refractivity contribution < 1.29 is 0 Å². The molecule has 0 aliphatic heterocycles. The first-order chi connectivity index (χ1) is 12.8. The number of rotatable bonds is 5. The van der Waals surface area contributed by atoms with E-state index < -0.39 is 8.24 Å². The van der Waals surface area contributed by atoms with E-state index in [-0.39, 0.29) is 0 Å². The van der Waals surface area contributed by atoms with Crippen molar-refractivity contribution in [2.24, 2.45) is 0 Å². The smallest absolute Gasteiger partial charge is 0.169 e. The van der Waals surface area contributed by atoms with Gasteiger partial charge in [0.2, 0.25) is 0 Å². The molecule has 3 rings (SSSR count). The van der Waals surface area contributed by atoms with Crippen LogP contribution >= 0.6 is 0 Å². The Hall–Kier alpha value is -2.31. The van der Waals surface area contributed by atoms with Crippen molar-refractivity contribution >= 4 is 19.1 Å². The number of benzene rings is 2. The first kappa shape index (κ1) is 19.4. The molecule has 0 saturated carbocycles. The fraction of sp³-hybridized carbons (Fsp3) is 0.375. The molecule has 0 bridgehead atoms. The highest BCUT2D eigenvalue weighted by atomic mass is 28.3. The Morgan fingerprint density at radius 1 is 0.852 bits per heavy atom. The van der Waals surface area contributed by atoms with Crippen LogP contribution in [0.1, 0.15) is 47.1 Å². The molecule has 2 aromatic carbocycles. The van der Waals surface area contributed by atoms with E-state index in [0.29, 0.717) is 16.6 Å². The number of nitrogens with zero attached hydrogens (tertiary/aromatic N) is 2. The highest BCUT2D eigenvalue weighted by molar-refractivity contribution is 6.82. The summed E-state index contributed by atoms with van der Waals surface area (Å²) in [5, 5.41) is 10.7. The summed E-state index contributed by atoms with van der Waals surface area (Å²) >= 11 is 0. The molecule has 0 N–H and O–H groups in total. The molecule has 0 aliphatic rings. The minimum Gasteiger partial charge on any atom is -0.373 e. The number of aromatic nitrogens is 1. The summed E-state index contributed by atoms with van der Waals surface area (Å²) in [5.41, 5.74) is 6.16. The summed E-state index contributed by atoms with van der Waals surface area (Å²) in [6, 6.07) is 19.1. The average molecular weight is 375 g/mol. The van der Waals surface area contributed by atoms with Crippen LogP contribution in [0.15, 0.2) is 54.7 Å². The van der Waals surface area contributed by atoms with Crippen LogP contribution in [0.5, 0.6) is 0 Å². The van der Waals surface area contributed by atoms with Crippen LogP contribution in [0.2, 0.25) is 16.6 Å². The van der Waals surface area contributed by atoms with E-state index >= 15 is 0 Å². The Labute approximate surface area is 164 Å². The van der Waals surface area contributed by atoms with Gasteiger partial charge in [0.1, 0.15) is 0 Å². The van der Waals surface area contributed by atoms with Gasteiger partial charge in [0.15, 0.2) is 8.24 Å². The Morgan fingerprint density at radius 3 is 2.07 bits per heavy atom. The lowest BCUT2D eigenvalue weighted by Gasteiger charge is -2.44. The molecule has 0 aliphatic carbocycles. The molecule has 0 fully saturated rings. The van der Waals surface area contributed by atoms with E-state index in [2.05, 4.69) is 82.3 Å². The van der Waals surface area contributed by atoms with Crippen molar-refractivity contribution in [3.05, 3.63) is 60.3 Å². The standard InChI is InChI=1S/C24H30N2Si/c1-17(2)27(18(3)4,19(5)6)26-14-13-21-15-20(11-12-24(21)26)23-10-8-7-9-22(23)16-25/h7-15,17-19H,1-6H3. The second-order valence-electron chi connectivity index (χ2n) is 8.47. The zero-order valence-corrected chi connectivity index (χ0v) is 18.3. The number of nitriles is 1. The predicted octanol–water partition coefficient (Wildman–Crippen LogP) is 7.20. The molecular formula is C24H30N2Si. The van der Waals surface area contributed by atoms with Gasteiger partial charge in [0.25, 0.3) is 0 Å². The molecule has 0 atom stereocenters. The van der Waals surface area contributed by atoms with E-state index in [1.165, 1.54) is 10.9 Å². The summed E-state index contributed by atoms with van der Waals surface area (Å²) in [4.78, 5) is 0. The molecule has 0 unspecified atom stereocenters. The van der Waals surface area contributed by atoms with E-state index in [0.717, 1.165) is 16.7 Å². The zero-order chi connectivity index (χ0) is 19.8. The van der Waals surface area contributed by atoms with Crippen molar-refractivity contribution in [2.45, 2.75) is 58.2 Å². The number of hydrogen-bond acceptors (Lipinski definition) is 1. The maximum Gasteiger partial charge on any atom is 0.169 e. The summed E-state index contributed by atoms with van der Waals surface area (Å²) in [6.45, 7) is 14.4. The second kappa shape index (κ2) is 7.36. The van der Waals surface area contributed by atoms with E-state index in [1.807, 2.05) is 24.3 Å². The predicted molar refractivity (Wildman–Crippen MR) is 119 cm³/mol. The van der Waals surface area contributed by atoms with Gasteiger partial charge in [-0.2, -0.15) is 5.26 Å². The maximum atomic E-state index is 9.44. The van der Waals surface area contributed by atoms with Crippen molar-refractivity contribution in [3.63, 3.8) is 0 Å². The largest absolute Gasteiger partial charge is 0.373 e. The van der Waals surface area contributed by atoms with Crippen LogP contribution < -0.4 is 0 Å². The quantitative estimate of drug-likeness (QED) is 0.434. The molecule has 0 saturated heterocycles. The summed E-state index contributed by atoms with van der Waals surface area (Å²) in [5.74, 6) is 0. The van der Waals surface area contributed by atoms with E-state index in [1.54, 1.807) is 0 Å². The second-order valence-corrected chi connectivity index (χ2v) is 14.2. The van der Waals surface area contributed by atoms with E-state index in [9.17, 15) is 5.26 Å². The molecule has 0 radical (unpaired) electrons. The van der Waals surface area contributed by atoms with Crippen LogP contribution in [0, 0.1) is 11.3 Å². The Kier molecular flexibility index (Phi) is 5.30. The first-order valence-electron chi connectivity index (χ1n) is 9.95. The minimum atomic E-state index is -1.77. The SMILES string of the molecule is CC(C)[Si](C(C)C)(C(C)C)n1ccc2cc(-c3ccccc3C#N)ccc21. The molecule has 0 spiro atoms. The highest BCUT2D eigenvalue weighted by Crippen LogP contribution is 2.44. The van der Waals surface area contributed by atoms with Gasteiger partial charge in [0, 0.05) is 5.52 Å². The number of hydrogen-bond donors (Lipinski definition) is 0. The van der Waals surface area contributed by atoms with E-state index in [4.69, 9.17) is 0 Å². The monoisotopic (exact) mass is 374 g/mol. The van der Waals surface area contributed by atoms with Crippen molar-refractivity contribution in [2.75, 3.05) is 0 Å². The molecular weight excluding hydrogens is 344 g/mol.